The zero-order valence-corrected chi connectivity index (χ0v) is 14.6. The molecule has 0 aliphatic rings. The van der Waals surface area contributed by atoms with E-state index in [1.54, 1.807) is 17.1 Å². The number of rotatable bonds is 6. The highest BCUT2D eigenvalue weighted by Crippen LogP contribution is 2.25. The van der Waals surface area contributed by atoms with Crippen molar-refractivity contribution in [2.45, 2.75) is 26.5 Å². The fraction of sp³-hybridized carbons (Fsp3) is 0.278. The average Bonchev–Trinajstić information content (AvgIpc) is 3.09. The van der Waals surface area contributed by atoms with Gasteiger partial charge in [0.05, 0.1) is 6.10 Å². The second-order valence-corrected chi connectivity index (χ2v) is 6.06. The first kappa shape index (κ1) is 16.8. The van der Waals surface area contributed by atoms with Crippen LogP contribution >= 0.6 is 0 Å². The van der Waals surface area contributed by atoms with Crippen molar-refractivity contribution in [3.05, 3.63) is 54.6 Å². The number of nitrogens with zero attached hydrogens (tertiary/aromatic N) is 5. The van der Waals surface area contributed by atoms with Crippen LogP contribution in [-0.4, -0.2) is 32.9 Å². The lowest BCUT2D eigenvalue weighted by atomic mass is 10.2. The summed E-state index contributed by atoms with van der Waals surface area (Å²) in [7, 11) is 1.95. The van der Waals surface area contributed by atoms with E-state index in [-0.39, 0.29) is 6.10 Å². The van der Waals surface area contributed by atoms with Gasteiger partial charge in [0.25, 0.3) is 0 Å². The highest BCUT2D eigenvalue weighted by atomic mass is 16.5. The minimum Gasteiger partial charge on any atom is -0.491 e. The zero-order chi connectivity index (χ0) is 17.8. The summed E-state index contributed by atoms with van der Waals surface area (Å²) >= 11 is 0. The van der Waals surface area contributed by atoms with Crippen LogP contribution in [0.2, 0.25) is 0 Å². The summed E-state index contributed by atoms with van der Waals surface area (Å²) in [4.78, 5) is 10.6. The molecule has 0 bridgehead atoms. The molecule has 3 aromatic rings. The normalized spacial score (nSPS) is 10.9. The Kier molecular flexibility index (Phi) is 4.83. The van der Waals surface area contributed by atoms with Gasteiger partial charge in [0.15, 0.2) is 11.6 Å². The Morgan fingerprint density at radius 1 is 1.24 bits per heavy atom. The molecule has 2 N–H and O–H groups in total. The van der Waals surface area contributed by atoms with E-state index in [9.17, 15) is 0 Å². The van der Waals surface area contributed by atoms with Gasteiger partial charge >= 0.3 is 0 Å². The van der Waals surface area contributed by atoms with Crippen LogP contribution in [0.25, 0.3) is 5.82 Å². The molecule has 0 aliphatic heterocycles. The molecule has 0 radical (unpaired) electrons. The highest BCUT2D eigenvalue weighted by molar-refractivity contribution is 5.69. The molecule has 1 aromatic carbocycles. The molecule has 0 amide bonds. The van der Waals surface area contributed by atoms with Gasteiger partial charge in [-0.15, -0.1) is 0 Å². The smallest absolute Gasteiger partial charge is 0.181 e. The molecule has 7 nitrogen and oxygen atoms in total. The first-order chi connectivity index (χ1) is 12.0. The summed E-state index contributed by atoms with van der Waals surface area (Å²) in [5, 5.41) is 4.18. The Balaban J connectivity index is 1.82. The van der Waals surface area contributed by atoms with Crippen LogP contribution in [0.3, 0.4) is 0 Å². The Hall–Kier alpha value is -3.09. The molecule has 0 atom stereocenters. The van der Waals surface area contributed by atoms with Crippen molar-refractivity contribution in [3.8, 4) is 11.6 Å². The number of nitrogens with two attached hydrogens (primary N) is 1. The summed E-state index contributed by atoms with van der Waals surface area (Å²) in [6.45, 7) is 4.67. The Morgan fingerprint density at radius 3 is 2.80 bits per heavy atom. The minimum atomic E-state index is 0.141. The molecule has 130 valence electrons. The molecule has 0 spiro atoms. The maximum atomic E-state index is 6.27. The number of hydrogen-bond donors (Lipinski definition) is 1. The van der Waals surface area contributed by atoms with Gasteiger partial charge in [-0.05, 0) is 37.6 Å². The van der Waals surface area contributed by atoms with Crippen LogP contribution in [0.4, 0.5) is 11.5 Å². The maximum Gasteiger partial charge on any atom is 0.181 e. The van der Waals surface area contributed by atoms with E-state index in [0.29, 0.717) is 23.9 Å². The SMILES string of the molecule is CC(C)Oc1cccc(CN(C)c2ncnc(-n3cccn3)c2N)c1. The second-order valence-electron chi connectivity index (χ2n) is 6.06. The van der Waals surface area contributed by atoms with E-state index in [2.05, 4.69) is 21.1 Å². The Labute approximate surface area is 147 Å². The summed E-state index contributed by atoms with van der Waals surface area (Å²) in [6.07, 6.45) is 5.12. The topological polar surface area (TPSA) is 82.1 Å². The van der Waals surface area contributed by atoms with Crippen LogP contribution in [-0.2, 0) is 6.54 Å². The van der Waals surface area contributed by atoms with Crippen LogP contribution in [0.1, 0.15) is 19.4 Å². The van der Waals surface area contributed by atoms with E-state index in [1.807, 2.05) is 50.1 Å². The van der Waals surface area contributed by atoms with Gasteiger partial charge in [-0.3, -0.25) is 0 Å². The van der Waals surface area contributed by atoms with Gasteiger partial charge in [0.1, 0.15) is 17.8 Å². The van der Waals surface area contributed by atoms with Crippen LogP contribution < -0.4 is 15.4 Å². The molecule has 3 rings (SSSR count). The van der Waals surface area contributed by atoms with Crippen molar-refractivity contribution in [1.82, 2.24) is 19.7 Å². The lowest BCUT2D eigenvalue weighted by molar-refractivity contribution is 0.242. The third-order valence-electron chi connectivity index (χ3n) is 3.61. The van der Waals surface area contributed by atoms with Crippen molar-refractivity contribution in [2.75, 3.05) is 17.7 Å². The summed E-state index contributed by atoms with van der Waals surface area (Å²) < 4.78 is 7.38. The molecule has 0 saturated carbocycles. The number of anilines is 2. The number of nitrogen functional groups attached to an aromatic ring is 1. The average molecular weight is 338 g/mol. The number of hydrogen-bond acceptors (Lipinski definition) is 6. The van der Waals surface area contributed by atoms with Crippen molar-refractivity contribution in [1.29, 1.82) is 0 Å². The molecule has 2 heterocycles. The largest absolute Gasteiger partial charge is 0.491 e. The number of ether oxygens (including phenoxy) is 1. The van der Waals surface area contributed by atoms with Gasteiger partial charge in [0.2, 0.25) is 0 Å². The fourth-order valence-electron chi connectivity index (χ4n) is 2.60. The highest BCUT2D eigenvalue weighted by Gasteiger charge is 2.14. The lowest BCUT2D eigenvalue weighted by Crippen LogP contribution is -2.20. The number of aromatic nitrogens is 4. The van der Waals surface area contributed by atoms with Crippen molar-refractivity contribution in [2.24, 2.45) is 0 Å². The van der Waals surface area contributed by atoms with E-state index in [4.69, 9.17) is 10.5 Å². The third-order valence-corrected chi connectivity index (χ3v) is 3.61. The van der Waals surface area contributed by atoms with Crippen LogP contribution in [0.15, 0.2) is 49.1 Å². The second kappa shape index (κ2) is 7.21. The first-order valence-corrected chi connectivity index (χ1v) is 8.12. The molecule has 0 saturated heterocycles. The summed E-state index contributed by atoms with van der Waals surface area (Å²) in [6, 6.07) is 9.85. The van der Waals surface area contributed by atoms with E-state index < -0.39 is 0 Å². The fourth-order valence-corrected chi connectivity index (χ4v) is 2.60. The van der Waals surface area contributed by atoms with Crippen molar-refractivity contribution < 1.29 is 4.74 Å². The van der Waals surface area contributed by atoms with Crippen LogP contribution in [0.5, 0.6) is 5.75 Å². The Morgan fingerprint density at radius 2 is 2.08 bits per heavy atom. The molecule has 0 unspecified atom stereocenters. The quantitative estimate of drug-likeness (QED) is 0.744. The predicted molar refractivity (Wildman–Crippen MR) is 97.9 cm³/mol. The molecular weight excluding hydrogens is 316 g/mol. The predicted octanol–water partition coefficient (Wildman–Crippen LogP) is 2.67. The molecule has 0 aliphatic carbocycles. The molecule has 2 aromatic heterocycles. The van der Waals surface area contributed by atoms with Crippen molar-refractivity contribution in [3.63, 3.8) is 0 Å². The standard InChI is InChI=1S/C18H22N6O/c1-13(2)25-15-7-4-6-14(10-15)11-23(3)17-16(19)18(21-12-20-17)24-9-5-8-22-24/h4-10,12-13H,11,19H2,1-3H3. The number of benzene rings is 1. The molecule has 25 heavy (non-hydrogen) atoms. The van der Waals surface area contributed by atoms with E-state index >= 15 is 0 Å². The van der Waals surface area contributed by atoms with Gasteiger partial charge in [0, 0.05) is 26.0 Å². The lowest BCUT2D eigenvalue weighted by Gasteiger charge is -2.21. The van der Waals surface area contributed by atoms with E-state index in [1.165, 1.54) is 6.33 Å². The first-order valence-electron chi connectivity index (χ1n) is 8.12. The van der Waals surface area contributed by atoms with Crippen molar-refractivity contribution >= 4 is 11.5 Å². The van der Waals surface area contributed by atoms with Gasteiger partial charge in [-0.25, -0.2) is 14.6 Å². The third kappa shape index (κ3) is 3.88. The summed E-state index contributed by atoms with van der Waals surface area (Å²) in [5.74, 6) is 2.09. The van der Waals surface area contributed by atoms with Crippen LogP contribution in [0, 0.1) is 0 Å². The maximum absolute atomic E-state index is 6.27. The van der Waals surface area contributed by atoms with E-state index in [0.717, 1.165) is 11.3 Å². The molecule has 7 heteroatoms. The van der Waals surface area contributed by atoms with Gasteiger partial charge in [-0.2, -0.15) is 5.10 Å². The minimum absolute atomic E-state index is 0.141. The van der Waals surface area contributed by atoms with Gasteiger partial charge in [-0.1, -0.05) is 12.1 Å². The summed E-state index contributed by atoms with van der Waals surface area (Å²) in [5.41, 5.74) is 7.87. The Bertz CT molecular complexity index is 831. The molecule has 0 fully saturated rings. The monoisotopic (exact) mass is 338 g/mol. The molecular formula is C18H22N6O. The zero-order valence-electron chi connectivity index (χ0n) is 14.6. The van der Waals surface area contributed by atoms with Gasteiger partial charge < -0.3 is 15.4 Å².